The smallest absolute Gasteiger partial charge is 0.335 e. The van der Waals surface area contributed by atoms with Crippen molar-refractivity contribution in [2.75, 3.05) is 26.9 Å². The number of fused-ring (bicyclic) bond motifs is 1. The lowest BCUT2D eigenvalue weighted by Gasteiger charge is -2.14. The van der Waals surface area contributed by atoms with Crippen LogP contribution in [-0.2, 0) is 32.5 Å². The van der Waals surface area contributed by atoms with E-state index in [1.165, 1.54) is 13.5 Å². The van der Waals surface area contributed by atoms with Crippen LogP contribution in [-0.4, -0.2) is 58.8 Å². The minimum Gasteiger partial charge on any atom is -0.490 e. The van der Waals surface area contributed by atoms with Gasteiger partial charge < -0.3 is 18.9 Å². The van der Waals surface area contributed by atoms with Crippen molar-refractivity contribution in [1.29, 1.82) is 0 Å². The Bertz CT molecular complexity index is 1100. The zero-order valence-corrected chi connectivity index (χ0v) is 23.5. The van der Waals surface area contributed by atoms with Gasteiger partial charge in [0.2, 0.25) is 5.88 Å². The van der Waals surface area contributed by atoms with Gasteiger partial charge in [0.15, 0.2) is 6.10 Å². The van der Waals surface area contributed by atoms with E-state index in [9.17, 15) is 4.79 Å². The third-order valence-electron chi connectivity index (χ3n) is 4.71. The zero-order chi connectivity index (χ0) is 27.6. The van der Waals surface area contributed by atoms with E-state index in [1.807, 2.05) is 46.9 Å². The lowest BCUT2D eigenvalue weighted by Crippen LogP contribution is -2.26. The topological polar surface area (TPSA) is 97.6 Å². The van der Waals surface area contributed by atoms with Crippen LogP contribution in [0.2, 0.25) is 0 Å². The molecule has 2 aromatic heterocycles. The summed E-state index contributed by atoms with van der Waals surface area (Å²) in [5.41, 5.74) is 5.45. The van der Waals surface area contributed by atoms with Crippen molar-refractivity contribution in [2.24, 2.45) is 7.05 Å². The van der Waals surface area contributed by atoms with Crippen molar-refractivity contribution in [3.05, 3.63) is 53.4 Å². The number of ether oxygens (including phenoxy) is 4. The molecule has 1 aliphatic carbocycles. The zero-order valence-electron chi connectivity index (χ0n) is 23.5. The van der Waals surface area contributed by atoms with E-state index in [0.717, 1.165) is 16.6 Å². The summed E-state index contributed by atoms with van der Waals surface area (Å²) in [5, 5.41) is 4.23. The number of hydrogen-bond acceptors (Lipinski definition) is 8. The van der Waals surface area contributed by atoms with Gasteiger partial charge in [0.25, 0.3) is 0 Å². The van der Waals surface area contributed by atoms with Crippen molar-refractivity contribution in [1.82, 2.24) is 19.7 Å². The van der Waals surface area contributed by atoms with Crippen molar-refractivity contribution < 1.29 is 23.7 Å². The van der Waals surface area contributed by atoms with E-state index in [0.29, 0.717) is 50.1 Å². The molecule has 1 unspecified atom stereocenters. The second-order valence-corrected chi connectivity index (χ2v) is 7.61. The molecule has 204 valence electrons. The van der Waals surface area contributed by atoms with Gasteiger partial charge in [-0.2, -0.15) is 10.1 Å². The van der Waals surface area contributed by atoms with E-state index in [-0.39, 0.29) is 0 Å². The number of methoxy groups -OCH3 is 1. The summed E-state index contributed by atoms with van der Waals surface area (Å²) in [6.45, 7) is 13.1. The highest BCUT2D eigenvalue weighted by Gasteiger charge is 2.20. The normalized spacial score (nSPS) is 12.8. The van der Waals surface area contributed by atoms with Crippen LogP contribution < -0.4 is 4.74 Å². The Morgan fingerprint density at radius 2 is 1.78 bits per heavy atom. The minimum atomic E-state index is -0.661. The lowest BCUT2D eigenvalue weighted by molar-refractivity contribution is -0.153. The number of carbonyl (C=O) groups is 1. The van der Waals surface area contributed by atoms with Crippen LogP contribution in [0, 0.1) is 0 Å². The van der Waals surface area contributed by atoms with Crippen LogP contribution in [0.1, 0.15) is 60.2 Å². The number of aryl methyl sites for hydroxylation is 2. The number of esters is 1. The van der Waals surface area contributed by atoms with Gasteiger partial charge in [-0.1, -0.05) is 41.0 Å². The third kappa shape index (κ3) is 10.2. The predicted octanol–water partition coefficient (Wildman–Crippen LogP) is 5.27. The van der Waals surface area contributed by atoms with Gasteiger partial charge in [-0.3, -0.25) is 4.68 Å². The Morgan fingerprint density at radius 1 is 1.08 bits per heavy atom. The highest BCUT2D eigenvalue weighted by molar-refractivity contribution is 5.79. The second-order valence-electron chi connectivity index (χ2n) is 7.61. The van der Waals surface area contributed by atoms with E-state index in [1.54, 1.807) is 23.0 Å². The molecule has 2 heterocycles. The molecule has 0 spiro atoms. The van der Waals surface area contributed by atoms with Crippen molar-refractivity contribution in [3.8, 4) is 5.88 Å². The average Bonchev–Trinajstić information content (AvgIpc) is 3.14. The number of hydrogen-bond donors (Lipinski definition) is 0. The molecule has 0 bridgehead atoms. The van der Waals surface area contributed by atoms with Crippen LogP contribution in [0.5, 0.6) is 5.88 Å². The molecule has 0 saturated heterocycles. The fraction of sp³-hybridized carbons (Fsp3) is 0.536. The van der Waals surface area contributed by atoms with Gasteiger partial charge in [0.05, 0.1) is 13.3 Å². The Hall–Kier alpha value is -3.42. The molecular weight excluding hydrogens is 472 g/mol. The molecule has 0 saturated carbocycles. The summed E-state index contributed by atoms with van der Waals surface area (Å²) in [6, 6.07) is 0. The van der Waals surface area contributed by atoms with Crippen molar-refractivity contribution in [2.45, 2.75) is 66.9 Å². The first kappa shape index (κ1) is 31.6. The van der Waals surface area contributed by atoms with Gasteiger partial charge in [-0.05, 0) is 36.8 Å². The summed E-state index contributed by atoms with van der Waals surface area (Å²) >= 11 is 0. The van der Waals surface area contributed by atoms with Gasteiger partial charge in [-0.25, -0.2) is 9.78 Å². The Balaban J connectivity index is 0.00000127. The lowest BCUT2D eigenvalue weighted by atomic mass is 10.1. The van der Waals surface area contributed by atoms with Crippen LogP contribution in [0.25, 0.3) is 11.0 Å². The first-order valence-electron chi connectivity index (χ1n) is 12.9. The van der Waals surface area contributed by atoms with Crippen LogP contribution >= 0.6 is 0 Å². The van der Waals surface area contributed by atoms with Gasteiger partial charge in [0, 0.05) is 26.5 Å². The summed E-state index contributed by atoms with van der Waals surface area (Å²) in [4.78, 5) is 20.8. The second kappa shape index (κ2) is 17.9. The molecule has 0 N–H and O–H groups in total. The van der Waals surface area contributed by atoms with Crippen LogP contribution in [0.3, 0.4) is 0 Å². The molecule has 3 rings (SSSR count). The maximum atomic E-state index is 11.9. The number of nitrogens with zero attached hydrogens (tertiary/aromatic N) is 4. The van der Waals surface area contributed by atoms with Gasteiger partial charge >= 0.3 is 5.97 Å². The molecule has 0 aliphatic heterocycles. The number of allylic oxidation sites excluding steroid dienone is 3. The summed E-state index contributed by atoms with van der Waals surface area (Å²) in [5.74, 6) is 1.45. The largest absolute Gasteiger partial charge is 0.490 e. The third-order valence-corrected chi connectivity index (χ3v) is 4.71. The molecule has 0 fully saturated rings. The van der Waals surface area contributed by atoms with Crippen molar-refractivity contribution in [3.63, 3.8) is 0 Å². The molecule has 0 aromatic carbocycles. The van der Waals surface area contributed by atoms with E-state index in [2.05, 4.69) is 34.6 Å². The fourth-order valence-electron chi connectivity index (χ4n) is 3.13. The summed E-state index contributed by atoms with van der Waals surface area (Å²) in [7, 11) is 3.18. The Labute approximate surface area is 220 Å². The molecule has 2 aromatic rings. The first-order valence-corrected chi connectivity index (χ1v) is 12.9. The average molecular weight is 515 g/mol. The number of carbonyl (C=O) groups excluding carboxylic acids is 1. The molecular formula is C28H42N4O5. The molecule has 9 nitrogen and oxygen atoms in total. The first-order chi connectivity index (χ1) is 18.0. The van der Waals surface area contributed by atoms with E-state index < -0.39 is 12.1 Å². The predicted molar refractivity (Wildman–Crippen MR) is 145 cm³/mol. The SMILES string of the molecule is CC.CCC.CCOC(CC1=C=CC=C(OCCOc2nc(CC)nc3cnn(C)c23)C=C1)C(=O)OC. The molecule has 9 heteroatoms. The van der Waals surface area contributed by atoms with Gasteiger partial charge in [-0.15, -0.1) is 5.73 Å². The minimum absolute atomic E-state index is 0.310. The molecule has 37 heavy (non-hydrogen) atoms. The van der Waals surface area contributed by atoms with Crippen LogP contribution in [0.4, 0.5) is 0 Å². The molecule has 0 amide bonds. The summed E-state index contributed by atoms with van der Waals surface area (Å²) in [6.07, 6.45) is 10.6. The molecule has 1 aliphatic rings. The van der Waals surface area contributed by atoms with E-state index in [4.69, 9.17) is 18.9 Å². The van der Waals surface area contributed by atoms with E-state index >= 15 is 0 Å². The Morgan fingerprint density at radius 3 is 2.43 bits per heavy atom. The van der Waals surface area contributed by atoms with Crippen molar-refractivity contribution >= 4 is 17.0 Å². The fourth-order valence-corrected chi connectivity index (χ4v) is 3.13. The maximum absolute atomic E-state index is 11.9. The highest BCUT2D eigenvalue weighted by atomic mass is 16.6. The number of aromatic nitrogens is 4. The summed E-state index contributed by atoms with van der Waals surface area (Å²) < 4.78 is 23.7. The number of rotatable bonds is 11. The quantitative estimate of drug-likeness (QED) is 0.227. The monoisotopic (exact) mass is 514 g/mol. The van der Waals surface area contributed by atoms with Gasteiger partial charge in [0.1, 0.15) is 35.8 Å². The van der Waals surface area contributed by atoms with Crippen LogP contribution in [0.15, 0.2) is 47.6 Å². The molecule has 1 atom stereocenters. The maximum Gasteiger partial charge on any atom is 0.335 e. The Kier molecular flexibility index (Phi) is 15.3. The highest BCUT2D eigenvalue weighted by Crippen LogP contribution is 2.22. The molecule has 0 radical (unpaired) electrons. The standard InChI is InChI=1S/C23H28N4O5.C3H8.C2H6/c1-5-20-25-18-15-24-27(3)21(18)22(26-20)32-13-12-31-17-9-7-8-16(10-11-17)14-19(30-6-2)23(28)29-4;1-3-2;1-2/h7,9-11,15,19H,5-6,12-14H2,1-4H3;3H2,1-2H3;1-2H3.